The molecule has 1 aromatic heterocycles. The van der Waals surface area contributed by atoms with Gasteiger partial charge in [-0.3, -0.25) is 10.1 Å². The third-order valence-electron chi connectivity index (χ3n) is 6.15. The number of halogens is 1. The van der Waals surface area contributed by atoms with Crippen LogP contribution in [-0.2, 0) is 11.8 Å². The van der Waals surface area contributed by atoms with Gasteiger partial charge in [-0.2, -0.15) is 10.1 Å². The van der Waals surface area contributed by atoms with Crippen molar-refractivity contribution in [3.05, 3.63) is 5.82 Å². The van der Waals surface area contributed by atoms with E-state index in [9.17, 15) is 4.79 Å². The summed E-state index contributed by atoms with van der Waals surface area (Å²) in [6, 6.07) is 0. The highest BCUT2D eigenvalue weighted by atomic mass is 35.5. The number of aromatic nitrogens is 3. The highest BCUT2D eigenvalue weighted by Crippen LogP contribution is 2.49. The zero-order chi connectivity index (χ0) is 16.5. The second-order valence-corrected chi connectivity index (χ2v) is 7.83. The molecular weight excluding hydrogens is 338 g/mol. The van der Waals surface area contributed by atoms with Crippen LogP contribution < -0.4 is 10.6 Å². The van der Waals surface area contributed by atoms with Crippen LogP contribution in [0.5, 0.6) is 0 Å². The molecule has 0 aromatic carbocycles. The molecule has 25 heavy (non-hydrogen) atoms. The molecule has 2 aliphatic carbocycles. The second kappa shape index (κ2) is 8.04. The summed E-state index contributed by atoms with van der Waals surface area (Å²) in [5.74, 6) is 3.66. The fourth-order valence-corrected chi connectivity index (χ4v) is 4.57. The minimum Gasteiger partial charge on any atom is -0.317 e. The second-order valence-electron chi connectivity index (χ2n) is 7.83. The lowest BCUT2D eigenvalue weighted by Crippen LogP contribution is -2.27. The molecule has 0 spiro atoms. The Balaban J connectivity index is 0.00000182. The topological polar surface area (TPSA) is 71.8 Å². The highest BCUT2D eigenvalue weighted by molar-refractivity contribution is 5.93. The van der Waals surface area contributed by atoms with E-state index in [0.717, 1.165) is 44.1 Å². The highest BCUT2D eigenvalue weighted by Gasteiger charge is 2.47. The van der Waals surface area contributed by atoms with E-state index in [4.69, 9.17) is 0 Å². The number of carbonyl (C=O) groups is 1. The van der Waals surface area contributed by atoms with E-state index in [0.29, 0.717) is 17.8 Å². The largest absolute Gasteiger partial charge is 0.317 e. The van der Waals surface area contributed by atoms with Gasteiger partial charge in [0.1, 0.15) is 0 Å². The van der Waals surface area contributed by atoms with Gasteiger partial charge in [-0.1, -0.05) is 32.1 Å². The summed E-state index contributed by atoms with van der Waals surface area (Å²) in [5.41, 5.74) is 0. The van der Waals surface area contributed by atoms with Crippen LogP contribution in [0.3, 0.4) is 0 Å². The van der Waals surface area contributed by atoms with Gasteiger partial charge in [0.2, 0.25) is 11.9 Å². The van der Waals surface area contributed by atoms with Crippen molar-refractivity contribution >= 4 is 24.3 Å². The summed E-state index contributed by atoms with van der Waals surface area (Å²) in [6.07, 6.45) is 9.91. The van der Waals surface area contributed by atoms with Gasteiger partial charge in [-0.25, -0.2) is 4.68 Å². The van der Waals surface area contributed by atoms with E-state index in [2.05, 4.69) is 20.7 Å². The maximum Gasteiger partial charge on any atom is 0.230 e. The fraction of sp³-hybridized carbons (Fsp3) is 0.833. The Bertz CT molecular complexity index is 592. The Morgan fingerprint density at radius 1 is 1.16 bits per heavy atom. The quantitative estimate of drug-likeness (QED) is 0.858. The lowest BCUT2D eigenvalue weighted by molar-refractivity contribution is -0.117. The van der Waals surface area contributed by atoms with E-state index in [1.54, 1.807) is 4.68 Å². The number of amides is 1. The van der Waals surface area contributed by atoms with Crippen LogP contribution in [0.15, 0.2) is 0 Å². The molecule has 4 rings (SSSR count). The molecule has 2 unspecified atom stereocenters. The van der Waals surface area contributed by atoms with Crippen LogP contribution in [0, 0.1) is 17.8 Å². The zero-order valence-corrected chi connectivity index (χ0v) is 15.9. The molecule has 3 fully saturated rings. The lowest BCUT2D eigenvalue weighted by atomic mass is 9.85. The van der Waals surface area contributed by atoms with Gasteiger partial charge in [0.15, 0.2) is 5.82 Å². The molecule has 2 N–H and O–H groups in total. The van der Waals surface area contributed by atoms with Crippen molar-refractivity contribution in [1.82, 2.24) is 20.1 Å². The van der Waals surface area contributed by atoms with Crippen molar-refractivity contribution in [2.75, 3.05) is 18.4 Å². The molecule has 3 aliphatic rings. The Morgan fingerprint density at radius 3 is 2.60 bits per heavy atom. The number of carbonyl (C=O) groups excluding carboxylic acids is 1. The number of aryl methyl sites for hydroxylation is 1. The SMILES string of the molecule is Cl.Cn1nc(C2CCNCC2)nc1NC(=O)C1CC1C1CCCCC1. The molecule has 6 nitrogen and oxygen atoms in total. The van der Waals surface area contributed by atoms with E-state index >= 15 is 0 Å². The Morgan fingerprint density at radius 2 is 1.88 bits per heavy atom. The van der Waals surface area contributed by atoms with Gasteiger partial charge >= 0.3 is 0 Å². The molecule has 1 aromatic rings. The molecule has 2 atom stereocenters. The molecule has 2 saturated carbocycles. The summed E-state index contributed by atoms with van der Waals surface area (Å²) in [7, 11) is 1.87. The van der Waals surface area contributed by atoms with E-state index < -0.39 is 0 Å². The van der Waals surface area contributed by atoms with Crippen LogP contribution in [0.1, 0.15) is 63.1 Å². The number of nitrogens with zero attached hydrogens (tertiary/aromatic N) is 3. The summed E-state index contributed by atoms with van der Waals surface area (Å²) >= 11 is 0. The molecule has 1 amide bonds. The van der Waals surface area contributed by atoms with Gasteiger partial charge in [0.05, 0.1) is 0 Å². The number of piperidine rings is 1. The first-order chi connectivity index (χ1) is 11.7. The van der Waals surface area contributed by atoms with E-state index in [-0.39, 0.29) is 24.2 Å². The zero-order valence-electron chi connectivity index (χ0n) is 15.0. The number of rotatable bonds is 4. The first-order valence-electron chi connectivity index (χ1n) is 9.65. The van der Waals surface area contributed by atoms with Crippen LogP contribution in [0.2, 0.25) is 0 Å². The molecule has 7 heteroatoms. The van der Waals surface area contributed by atoms with Crippen molar-refractivity contribution in [2.45, 2.75) is 57.3 Å². The summed E-state index contributed by atoms with van der Waals surface area (Å²) in [5, 5.41) is 10.9. The molecule has 0 radical (unpaired) electrons. The van der Waals surface area contributed by atoms with Crippen LogP contribution >= 0.6 is 12.4 Å². The smallest absolute Gasteiger partial charge is 0.230 e. The first-order valence-corrected chi connectivity index (χ1v) is 9.65. The number of nitrogens with one attached hydrogen (secondary N) is 2. The summed E-state index contributed by atoms with van der Waals surface area (Å²) in [4.78, 5) is 17.2. The fourth-order valence-electron chi connectivity index (χ4n) is 4.57. The third kappa shape index (κ3) is 4.17. The van der Waals surface area contributed by atoms with E-state index in [1.807, 2.05) is 7.05 Å². The van der Waals surface area contributed by atoms with Crippen molar-refractivity contribution in [3.63, 3.8) is 0 Å². The van der Waals surface area contributed by atoms with Gasteiger partial charge < -0.3 is 5.32 Å². The van der Waals surface area contributed by atoms with Crippen molar-refractivity contribution in [2.24, 2.45) is 24.8 Å². The van der Waals surface area contributed by atoms with Crippen LogP contribution in [-0.4, -0.2) is 33.8 Å². The maximum atomic E-state index is 12.6. The predicted molar refractivity (Wildman–Crippen MR) is 99.9 cm³/mol. The summed E-state index contributed by atoms with van der Waals surface area (Å²) < 4.78 is 1.73. The number of hydrogen-bond donors (Lipinski definition) is 2. The van der Waals surface area contributed by atoms with Gasteiger partial charge in [0, 0.05) is 18.9 Å². The maximum absolute atomic E-state index is 12.6. The normalized spacial score (nSPS) is 27.6. The molecular formula is C18H30ClN5O. The number of anilines is 1. The number of hydrogen-bond acceptors (Lipinski definition) is 4. The van der Waals surface area contributed by atoms with Crippen LogP contribution in [0.4, 0.5) is 5.95 Å². The Labute approximate surface area is 155 Å². The standard InChI is InChI=1S/C18H29N5O.ClH/c1-23-18(20-16(22-23)13-7-9-19-10-8-13)21-17(24)15-11-14(15)12-5-3-2-4-6-12;/h12-15,19H,2-11H2,1H3,(H,20,21,22,24);1H. The molecule has 140 valence electrons. The van der Waals surface area contributed by atoms with E-state index in [1.165, 1.54) is 32.1 Å². The van der Waals surface area contributed by atoms with Crippen molar-refractivity contribution < 1.29 is 4.79 Å². The Kier molecular flexibility index (Phi) is 6.00. The minimum atomic E-state index is 0. The van der Waals surface area contributed by atoms with Crippen LogP contribution in [0.25, 0.3) is 0 Å². The Hall–Kier alpha value is -1.14. The molecule has 0 bridgehead atoms. The third-order valence-corrected chi connectivity index (χ3v) is 6.15. The van der Waals surface area contributed by atoms with Gasteiger partial charge in [-0.15, -0.1) is 12.4 Å². The average Bonchev–Trinajstić information content (AvgIpc) is 3.35. The average molecular weight is 368 g/mol. The summed E-state index contributed by atoms with van der Waals surface area (Å²) in [6.45, 7) is 2.05. The molecule has 1 saturated heterocycles. The molecule has 2 heterocycles. The van der Waals surface area contributed by atoms with Crippen molar-refractivity contribution in [3.8, 4) is 0 Å². The lowest BCUT2D eigenvalue weighted by Gasteiger charge is -2.21. The first kappa shape index (κ1) is 18.6. The monoisotopic (exact) mass is 367 g/mol. The predicted octanol–water partition coefficient (Wildman–Crippen LogP) is 2.86. The van der Waals surface area contributed by atoms with Gasteiger partial charge in [-0.05, 0) is 44.2 Å². The van der Waals surface area contributed by atoms with Crippen molar-refractivity contribution in [1.29, 1.82) is 0 Å². The molecule has 1 aliphatic heterocycles. The van der Waals surface area contributed by atoms with Gasteiger partial charge in [0.25, 0.3) is 0 Å². The minimum absolute atomic E-state index is 0.